The van der Waals surface area contributed by atoms with E-state index in [1.54, 1.807) is 13.1 Å². The topological polar surface area (TPSA) is 143 Å². The highest BCUT2D eigenvalue weighted by Gasteiger charge is 2.31. The smallest absolute Gasteiger partial charge is 0.313 e. The number of hydrogen-bond donors (Lipinski definition) is 6. The van der Waals surface area contributed by atoms with Crippen LogP contribution in [0.5, 0.6) is 0 Å². The lowest BCUT2D eigenvalue weighted by molar-refractivity contribution is -0.157. The van der Waals surface area contributed by atoms with Gasteiger partial charge in [-0.1, -0.05) is 18.2 Å². The quantitative estimate of drug-likeness (QED) is 0.343. The van der Waals surface area contributed by atoms with E-state index in [1.807, 2.05) is 24.3 Å². The van der Waals surface area contributed by atoms with E-state index >= 15 is 0 Å². The number of hydrogen-bond acceptors (Lipinski definition) is 7. The summed E-state index contributed by atoms with van der Waals surface area (Å²) in [7, 11) is 0. The van der Waals surface area contributed by atoms with Gasteiger partial charge in [0, 0.05) is 17.1 Å². The van der Waals surface area contributed by atoms with Crippen LogP contribution in [0.25, 0.3) is 10.9 Å². The number of para-hydroxylation sites is 1. The molecule has 0 fully saturated rings. The highest BCUT2D eigenvalue weighted by molar-refractivity contribution is 5.89. The molecule has 25 heavy (non-hydrogen) atoms. The van der Waals surface area contributed by atoms with Crippen molar-refractivity contribution in [2.24, 2.45) is 0 Å². The van der Waals surface area contributed by atoms with Crippen molar-refractivity contribution in [3.63, 3.8) is 0 Å². The largest absolute Gasteiger partial charge is 0.462 e. The first-order valence-corrected chi connectivity index (χ1v) is 7.92. The molecule has 8 heteroatoms. The minimum Gasteiger partial charge on any atom is -0.462 e. The third-order valence-corrected chi connectivity index (χ3v) is 4.16. The molecule has 0 aliphatic carbocycles. The molecule has 0 saturated heterocycles. The maximum atomic E-state index is 12.2. The monoisotopic (exact) mass is 353 g/mol. The minimum atomic E-state index is -1.77. The number of aliphatic hydroxyl groups excluding tert-OH is 5. The van der Waals surface area contributed by atoms with Crippen molar-refractivity contribution in [1.82, 2.24) is 4.98 Å². The van der Waals surface area contributed by atoms with Crippen molar-refractivity contribution in [3.8, 4) is 0 Å². The lowest BCUT2D eigenvalue weighted by Crippen LogP contribution is -2.47. The van der Waals surface area contributed by atoms with Crippen LogP contribution in [0.1, 0.15) is 18.4 Å². The molecule has 8 nitrogen and oxygen atoms in total. The molecule has 0 bridgehead atoms. The Labute approximate surface area is 144 Å². The van der Waals surface area contributed by atoms with Gasteiger partial charge in [-0.25, -0.2) is 0 Å². The van der Waals surface area contributed by atoms with Gasteiger partial charge in [-0.2, -0.15) is 0 Å². The summed E-state index contributed by atoms with van der Waals surface area (Å²) in [6, 6.07) is 7.47. The van der Waals surface area contributed by atoms with E-state index < -0.39 is 49.5 Å². The van der Waals surface area contributed by atoms with Crippen LogP contribution in [-0.2, 0) is 9.53 Å². The summed E-state index contributed by atoms with van der Waals surface area (Å²) in [5.74, 6) is -1.21. The first-order valence-electron chi connectivity index (χ1n) is 7.92. The molecule has 0 aliphatic rings. The van der Waals surface area contributed by atoms with Crippen molar-refractivity contribution in [2.45, 2.75) is 37.3 Å². The van der Waals surface area contributed by atoms with Gasteiger partial charge in [-0.05, 0) is 18.6 Å². The van der Waals surface area contributed by atoms with Gasteiger partial charge in [0.15, 0.2) is 0 Å². The van der Waals surface area contributed by atoms with Gasteiger partial charge in [0.2, 0.25) is 0 Å². The number of carbonyl (C=O) groups is 1. The van der Waals surface area contributed by atoms with Crippen LogP contribution in [0.2, 0.25) is 0 Å². The van der Waals surface area contributed by atoms with Gasteiger partial charge in [0.25, 0.3) is 0 Å². The summed E-state index contributed by atoms with van der Waals surface area (Å²) >= 11 is 0. The molecule has 138 valence electrons. The van der Waals surface area contributed by atoms with Crippen molar-refractivity contribution in [1.29, 1.82) is 0 Å². The van der Waals surface area contributed by atoms with Gasteiger partial charge >= 0.3 is 5.97 Å². The molecule has 6 N–H and O–H groups in total. The molecular formula is C17H23NO7. The van der Waals surface area contributed by atoms with Crippen LogP contribution in [-0.4, -0.2) is 74.1 Å². The Bertz CT molecular complexity index is 701. The van der Waals surface area contributed by atoms with Crippen molar-refractivity contribution in [3.05, 3.63) is 36.0 Å². The van der Waals surface area contributed by atoms with E-state index in [0.717, 1.165) is 16.5 Å². The average molecular weight is 353 g/mol. The maximum Gasteiger partial charge on any atom is 0.313 e. The van der Waals surface area contributed by atoms with Crippen LogP contribution in [0, 0.1) is 0 Å². The number of aromatic amines is 1. The van der Waals surface area contributed by atoms with Crippen molar-refractivity contribution < 1.29 is 35.1 Å². The Hall–Kier alpha value is -1.97. The molecule has 0 aliphatic heterocycles. The molecule has 1 aromatic heterocycles. The van der Waals surface area contributed by atoms with E-state index in [-0.39, 0.29) is 0 Å². The van der Waals surface area contributed by atoms with E-state index in [4.69, 9.17) is 9.84 Å². The van der Waals surface area contributed by atoms with E-state index in [0.29, 0.717) is 0 Å². The highest BCUT2D eigenvalue weighted by atomic mass is 16.5. The predicted molar refractivity (Wildman–Crippen MR) is 88.8 cm³/mol. The number of carbonyl (C=O) groups excluding carboxylic acids is 1. The number of fused-ring (bicyclic) bond motifs is 1. The maximum absolute atomic E-state index is 12.2. The molecule has 2 rings (SSSR count). The zero-order valence-corrected chi connectivity index (χ0v) is 13.7. The lowest BCUT2D eigenvalue weighted by atomic mass is 10.0. The second-order valence-corrected chi connectivity index (χ2v) is 5.94. The first-order chi connectivity index (χ1) is 11.9. The second kappa shape index (κ2) is 8.41. The summed E-state index contributed by atoms with van der Waals surface area (Å²) in [6.45, 7) is 0.329. The van der Waals surface area contributed by atoms with Crippen LogP contribution in [0.3, 0.4) is 0 Å². The standard InChI is InChI=1S/C17H23NO7/c1-9(11-6-18-12-5-3-2-4-10(11)12)17(24)25-8-14(21)16(23)15(22)13(20)7-19/h2-6,9,13-16,18-23H,7-8H2,1H3/t9?,13-,14-,15-,16-/m1/s1. The van der Waals surface area contributed by atoms with E-state index in [9.17, 15) is 25.2 Å². The number of nitrogens with one attached hydrogen (secondary N) is 1. The molecule has 0 saturated carbocycles. The summed E-state index contributed by atoms with van der Waals surface area (Å²) in [4.78, 5) is 15.3. The van der Waals surface area contributed by atoms with Gasteiger partial charge in [-0.3, -0.25) is 4.79 Å². The Morgan fingerprint density at radius 1 is 1.12 bits per heavy atom. The van der Waals surface area contributed by atoms with Crippen LogP contribution in [0.4, 0.5) is 0 Å². The molecule has 0 spiro atoms. The van der Waals surface area contributed by atoms with Crippen LogP contribution >= 0.6 is 0 Å². The van der Waals surface area contributed by atoms with Gasteiger partial charge in [-0.15, -0.1) is 0 Å². The number of ether oxygens (including phenoxy) is 1. The second-order valence-electron chi connectivity index (χ2n) is 5.94. The summed E-state index contributed by atoms with van der Waals surface area (Å²) < 4.78 is 5.00. The number of benzene rings is 1. The highest BCUT2D eigenvalue weighted by Crippen LogP contribution is 2.26. The molecule has 1 heterocycles. The van der Waals surface area contributed by atoms with E-state index in [2.05, 4.69) is 4.98 Å². The zero-order valence-electron chi connectivity index (χ0n) is 13.7. The van der Waals surface area contributed by atoms with Crippen LogP contribution < -0.4 is 0 Å². The molecule has 1 aromatic carbocycles. The molecule has 5 atom stereocenters. The fraction of sp³-hybridized carbons (Fsp3) is 0.471. The number of rotatable bonds is 8. The molecule has 2 aromatic rings. The summed E-state index contributed by atoms with van der Waals surface area (Å²) in [5.41, 5.74) is 1.63. The Morgan fingerprint density at radius 3 is 2.44 bits per heavy atom. The third-order valence-electron chi connectivity index (χ3n) is 4.16. The number of aliphatic hydroxyl groups is 5. The Balaban J connectivity index is 1.95. The fourth-order valence-electron chi connectivity index (χ4n) is 2.53. The van der Waals surface area contributed by atoms with Crippen molar-refractivity contribution >= 4 is 16.9 Å². The van der Waals surface area contributed by atoms with Crippen molar-refractivity contribution in [2.75, 3.05) is 13.2 Å². The van der Waals surface area contributed by atoms with Gasteiger partial charge in [0.1, 0.15) is 31.0 Å². The average Bonchev–Trinajstić information content (AvgIpc) is 3.07. The molecule has 0 radical (unpaired) electrons. The van der Waals surface area contributed by atoms with Crippen LogP contribution in [0.15, 0.2) is 30.5 Å². The SMILES string of the molecule is CC(C(=O)OC[C@@H](O)[C@@H](O)[C@H](O)[C@H](O)CO)c1c[nH]c2ccccc12. The number of H-pyrrole nitrogens is 1. The van der Waals surface area contributed by atoms with E-state index in [1.165, 1.54) is 0 Å². The Kier molecular flexibility index (Phi) is 6.51. The fourth-order valence-corrected chi connectivity index (χ4v) is 2.53. The summed E-state index contributed by atoms with van der Waals surface area (Å²) in [5, 5.41) is 47.9. The zero-order chi connectivity index (χ0) is 18.6. The third kappa shape index (κ3) is 4.36. The summed E-state index contributed by atoms with van der Waals surface area (Å²) in [6.07, 6.45) is -5.02. The number of aromatic nitrogens is 1. The normalized spacial score (nSPS) is 17.7. The lowest BCUT2D eigenvalue weighted by Gasteiger charge is -2.25. The first kappa shape index (κ1) is 19.4. The molecule has 0 amide bonds. The Morgan fingerprint density at radius 2 is 1.76 bits per heavy atom. The minimum absolute atomic E-state index is 0.554. The number of esters is 1. The van der Waals surface area contributed by atoms with Gasteiger partial charge in [0.05, 0.1) is 12.5 Å². The predicted octanol–water partition coefficient (Wildman–Crippen LogP) is -0.749. The van der Waals surface area contributed by atoms with Gasteiger partial charge < -0.3 is 35.3 Å². The molecule has 1 unspecified atom stereocenters. The molecular weight excluding hydrogens is 330 g/mol.